The first-order valence-electron chi connectivity index (χ1n) is 12.5. The predicted molar refractivity (Wildman–Crippen MR) is 155 cm³/mol. The fourth-order valence-corrected chi connectivity index (χ4v) is 4.93. The molecule has 0 fully saturated rings. The molecule has 1 aromatic heterocycles. The summed E-state index contributed by atoms with van der Waals surface area (Å²) in [6.45, 7) is 4.83. The largest absolute Gasteiger partial charge is 0.343 e. The van der Waals surface area contributed by atoms with E-state index >= 15 is 0 Å². The molecule has 0 saturated heterocycles. The lowest BCUT2D eigenvalue weighted by Gasteiger charge is -2.26. The summed E-state index contributed by atoms with van der Waals surface area (Å²) in [6, 6.07) is 26.5. The molecule has 9 heteroatoms. The van der Waals surface area contributed by atoms with Crippen molar-refractivity contribution in [2.24, 2.45) is 16.2 Å². The van der Waals surface area contributed by atoms with Gasteiger partial charge in [-0.3, -0.25) is 4.79 Å². The second kappa shape index (κ2) is 11.5. The zero-order valence-electron chi connectivity index (χ0n) is 22.0. The summed E-state index contributed by atoms with van der Waals surface area (Å²) in [5, 5.41) is 9.69. The Kier molecular flexibility index (Phi) is 7.65. The van der Waals surface area contributed by atoms with E-state index in [1.165, 1.54) is 18.3 Å². The molecule has 4 aromatic rings. The second-order valence-electron chi connectivity index (χ2n) is 9.15. The first kappa shape index (κ1) is 26.7. The topological polar surface area (TPSA) is 97.6 Å². The number of hydrogen-bond acceptors (Lipinski definition) is 9. The summed E-state index contributed by atoms with van der Waals surface area (Å²) >= 11 is 1.41. The number of carbonyl (C=O) groups excluding carboxylic acids is 3. The summed E-state index contributed by atoms with van der Waals surface area (Å²) < 4.78 is 0. The highest BCUT2D eigenvalue weighted by molar-refractivity contribution is 7.12. The Hall–Kier alpha value is -4.89. The van der Waals surface area contributed by atoms with Crippen LogP contribution in [0, 0.1) is 5.92 Å². The molecule has 0 amide bonds. The number of oxime groups is 2. The van der Waals surface area contributed by atoms with Gasteiger partial charge in [0.15, 0.2) is 0 Å². The molecule has 1 aliphatic heterocycles. The van der Waals surface area contributed by atoms with Crippen molar-refractivity contribution in [3.05, 3.63) is 112 Å². The van der Waals surface area contributed by atoms with Crippen LogP contribution in [0.15, 0.2) is 101 Å². The molecule has 200 valence electrons. The van der Waals surface area contributed by atoms with Crippen molar-refractivity contribution in [3.63, 3.8) is 0 Å². The van der Waals surface area contributed by atoms with Crippen LogP contribution in [-0.2, 0) is 19.3 Å². The van der Waals surface area contributed by atoms with E-state index in [2.05, 4.69) is 10.3 Å². The molecule has 5 rings (SSSR count). The highest BCUT2D eigenvalue weighted by atomic mass is 32.1. The SMILES string of the molecule is CC(=O)O/N=C(\C)c1ccc(N(c2ccc(C(=O)c3cccs3)cc2)c2ccc(C3=NOC(=O)C3C)cc2)cc1. The highest BCUT2D eigenvalue weighted by Gasteiger charge is 2.29. The van der Waals surface area contributed by atoms with Crippen LogP contribution in [0.1, 0.15) is 47.1 Å². The van der Waals surface area contributed by atoms with Gasteiger partial charge in [0.25, 0.3) is 0 Å². The van der Waals surface area contributed by atoms with E-state index in [0.29, 0.717) is 21.9 Å². The maximum absolute atomic E-state index is 12.8. The quantitative estimate of drug-likeness (QED) is 0.105. The molecule has 1 aliphatic rings. The zero-order valence-corrected chi connectivity index (χ0v) is 22.8. The highest BCUT2D eigenvalue weighted by Crippen LogP contribution is 2.35. The van der Waals surface area contributed by atoms with Gasteiger partial charge in [0, 0.05) is 35.1 Å². The molecular weight excluding hydrogens is 526 g/mol. The van der Waals surface area contributed by atoms with Gasteiger partial charge in [-0.1, -0.05) is 40.6 Å². The molecule has 0 aliphatic carbocycles. The minimum absolute atomic E-state index is 0.0208. The lowest BCUT2D eigenvalue weighted by atomic mass is 9.99. The lowest BCUT2D eigenvalue weighted by Crippen LogP contribution is -2.15. The summed E-state index contributed by atoms with van der Waals surface area (Å²) in [6.07, 6.45) is 0. The lowest BCUT2D eigenvalue weighted by molar-refractivity contribution is -0.143. The molecule has 0 bridgehead atoms. The first-order chi connectivity index (χ1) is 19.3. The van der Waals surface area contributed by atoms with E-state index in [1.807, 2.05) is 95.2 Å². The number of hydrogen-bond donors (Lipinski definition) is 0. The number of nitrogens with zero attached hydrogens (tertiary/aromatic N) is 3. The zero-order chi connectivity index (χ0) is 28.2. The van der Waals surface area contributed by atoms with Crippen LogP contribution in [0.2, 0.25) is 0 Å². The number of rotatable bonds is 8. The normalized spacial score (nSPS) is 14.9. The predicted octanol–water partition coefficient (Wildman–Crippen LogP) is 6.63. The van der Waals surface area contributed by atoms with Gasteiger partial charge in [-0.2, -0.15) is 0 Å². The van der Waals surface area contributed by atoms with Crippen molar-refractivity contribution in [3.8, 4) is 0 Å². The van der Waals surface area contributed by atoms with E-state index in [0.717, 1.165) is 28.2 Å². The number of anilines is 3. The van der Waals surface area contributed by atoms with Crippen LogP contribution in [0.3, 0.4) is 0 Å². The Morgan fingerprint density at radius 2 is 1.45 bits per heavy atom. The molecule has 0 N–H and O–H groups in total. The molecule has 0 radical (unpaired) electrons. The number of carbonyl (C=O) groups is 3. The third-order valence-corrected chi connectivity index (χ3v) is 7.27. The fraction of sp³-hybridized carbons (Fsp3) is 0.129. The fourth-order valence-electron chi connectivity index (χ4n) is 4.24. The maximum atomic E-state index is 12.8. The minimum Gasteiger partial charge on any atom is -0.318 e. The molecule has 0 spiro atoms. The third kappa shape index (κ3) is 5.60. The van der Waals surface area contributed by atoms with E-state index in [4.69, 9.17) is 9.68 Å². The smallest absolute Gasteiger partial charge is 0.318 e. The van der Waals surface area contributed by atoms with Gasteiger partial charge in [-0.15, -0.1) is 11.3 Å². The van der Waals surface area contributed by atoms with Gasteiger partial charge in [-0.05, 0) is 79.4 Å². The van der Waals surface area contributed by atoms with E-state index < -0.39 is 11.9 Å². The number of ketones is 1. The Morgan fingerprint density at radius 3 is 1.95 bits per heavy atom. The van der Waals surface area contributed by atoms with Crippen LogP contribution in [0.5, 0.6) is 0 Å². The molecular formula is C31H25N3O5S. The summed E-state index contributed by atoms with van der Waals surface area (Å²) in [7, 11) is 0. The van der Waals surface area contributed by atoms with E-state index in [1.54, 1.807) is 13.8 Å². The summed E-state index contributed by atoms with van der Waals surface area (Å²) in [5.74, 6) is -1.31. The van der Waals surface area contributed by atoms with Crippen molar-refractivity contribution < 1.29 is 24.1 Å². The molecule has 8 nitrogen and oxygen atoms in total. The van der Waals surface area contributed by atoms with E-state index in [9.17, 15) is 14.4 Å². The Morgan fingerprint density at radius 1 is 0.875 bits per heavy atom. The standard InChI is InChI=1S/C31H25N3O5S/c1-19-29(33-39-31(19)37)23-8-14-26(15-9-23)34(25-12-6-22(7-13-25)20(2)32-38-21(3)35)27-16-10-24(11-17-27)30(36)28-5-4-18-40-28/h4-19H,1-3H3/b32-20+. The molecule has 2 heterocycles. The summed E-state index contributed by atoms with van der Waals surface area (Å²) in [4.78, 5) is 48.1. The number of benzene rings is 3. The Bertz CT molecular complexity index is 1610. The van der Waals surface area contributed by atoms with Crippen molar-refractivity contribution in [1.29, 1.82) is 0 Å². The molecule has 1 unspecified atom stereocenters. The van der Waals surface area contributed by atoms with E-state index in [-0.39, 0.29) is 11.8 Å². The van der Waals surface area contributed by atoms with Gasteiger partial charge in [-0.25, -0.2) is 9.59 Å². The van der Waals surface area contributed by atoms with Crippen LogP contribution in [-0.4, -0.2) is 29.1 Å². The van der Waals surface area contributed by atoms with Crippen molar-refractivity contribution in [2.45, 2.75) is 20.8 Å². The van der Waals surface area contributed by atoms with Crippen LogP contribution < -0.4 is 4.90 Å². The first-order valence-corrected chi connectivity index (χ1v) is 13.4. The minimum atomic E-state index is -0.486. The molecule has 1 atom stereocenters. The van der Waals surface area contributed by atoms with Gasteiger partial charge in [0.05, 0.1) is 10.6 Å². The van der Waals surface area contributed by atoms with Crippen LogP contribution >= 0.6 is 11.3 Å². The third-order valence-electron chi connectivity index (χ3n) is 6.41. The monoisotopic (exact) mass is 551 g/mol. The van der Waals surface area contributed by atoms with Crippen LogP contribution in [0.25, 0.3) is 0 Å². The number of thiophene rings is 1. The van der Waals surface area contributed by atoms with Crippen molar-refractivity contribution in [1.82, 2.24) is 0 Å². The maximum Gasteiger partial charge on any atom is 0.343 e. The van der Waals surface area contributed by atoms with Gasteiger partial charge < -0.3 is 14.6 Å². The average Bonchev–Trinajstić information content (AvgIpc) is 3.63. The van der Waals surface area contributed by atoms with Crippen molar-refractivity contribution in [2.75, 3.05) is 4.90 Å². The van der Waals surface area contributed by atoms with Crippen molar-refractivity contribution >= 4 is 57.5 Å². The molecule has 3 aromatic carbocycles. The van der Waals surface area contributed by atoms with Gasteiger partial charge >= 0.3 is 11.9 Å². The van der Waals surface area contributed by atoms with Crippen LogP contribution in [0.4, 0.5) is 17.1 Å². The summed E-state index contributed by atoms with van der Waals surface area (Å²) in [5.41, 5.74) is 5.92. The average molecular weight is 552 g/mol. The van der Waals surface area contributed by atoms with Gasteiger partial charge in [0.2, 0.25) is 5.78 Å². The second-order valence-corrected chi connectivity index (χ2v) is 10.1. The Balaban J connectivity index is 1.49. The molecule has 0 saturated carbocycles. The Labute approximate surface area is 235 Å². The molecule has 40 heavy (non-hydrogen) atoms. The van der Waals surface area contributed by atoms with Gasteiger partial charge in [0.1, 0.15) is 11.6 Å².